The van der Waals surface area contributed by atoms with E-state index in [-0.39, 0.29) is 21.2 Å². The number of rotatable bonds is 5. The van der Waals surface area contributed by atoms with Crippen LogP contribution in [0, 0.1) is 10.1 Å². The monoisotopic (exact) mass is 354 g/mol. The average Bonchev–Trinajstić information content (AvgIpc) is 2.63. The Morgan fingerprint density at radius 3 is 2.00 bits per heavy atom. The molecule has 25 heavy (non-hydrogen) atoms. The number of para-hydroxylation sites is 1. The Hall–Kier alpha value is -3.19. The van der Waals surface area contributed by atoms with Gasteiger partial charge < -0.3 is 5.32 Å². The Morgan fingerprint density at radius 1 is 0.800 bits per heavy atom. The second-order valence-electron chi connectivity index (χ2n) is 5.24. The SMILES string of the molecule is O=[N+]([O-])c1cc(S(=O)(=O)c2ccccc2)ccc1Nc1ccccc1. The number of anilines is 2. The van der Waals surface area contributed by atoms with Gasteiger partial charge in [0.1, 0.15) is 5.69 Å². The third kappa shape index (κ3) is 3.51. The molecule has 7 heteroatoms. The van der Waals surface area contributed by atoms with Crippen molar-refractivity contribution in [2.75, 3.05) is 5.32 Å². The molecule has 0 aliphatic rings. The van der Waals surface area contributed by atoms with Crippen molar-refractivity contribution in [1.29, 1.82) is 0 Å². The first-order chi connectivity index (χ1) is 12.0. The molecule has 0 saturated carbocycles. The van der Waals surface area contributed by atoms with Gasteiger partial charge >= 0.3 is 0 Å². The zero-order valence-electron chi connectivity index (χ0n) is 13.0. The second kappa shape index (κ2) is 6.74. The Kier molecular flexibility index (Phi) is 4.49. The number of sulfone groups is 1. The van der Waals surface area contributed by atoms with E-state index in [4.69, 9.17) is 0 Å². The molecule has 0 fully saturated rings. The van der Waals surface area contributed by atoms with E-state index in [1.165, 1.54) is 24.3 Å². The van der Waals surface area contributed by atoms with Gasteiger partial charge in [-0.25, -0.2) is 8.42 Å². The molecule has 0 amide bonds. The molecule has 0 aliphatic carbocycles. The fraction of sp³-hybridized carbons (Fsp3) is 0. The van der Waals surface area contributed by atoms with Gasteiger partial charge in [-0.1, -0.05) is 36.4 Å². The van der Waals surface area contributed by atoms with Crippen LogP contribution in [-0.2, 0) is 9.84 Å². The molecule has 0 saturated heterocycles. The Bertz CT molecular complexity index is 1000. The van der Waals surface area contributed by atoms with Crippen LogP contribution in [-0.4, -0.2) is 13.3 Å². The minimum atomic E-state index is -3.82. The number of nitrogens with zero attached hydrogens (tertiary/aromatic N) is 1. The van der Waals surface area contributed by atoms with Crippen molar-refractivity contribution >= 4 is 26.9 Å². The van der Waals surface area contributed by atoms with E-state index in [9.17, 15) is 18.5 Å². The fourth-order valence-corrected chi connectivity index (χ4v) is 3.65. The van der Waals surface area contributed by atoms with Crippen LogP contribution in [0.3, 0.4) is 0 Å². The number of benzene rings is 3. The lowest BCUT2D eigenvalue weighted by atomic mass is 10.2. The van der Waals surface area contributed by atoms with Crippen molar-refractivity contribution in [3.8, 4) is 0 Å². The number of hydrogen-bond donors (Lipinski definition) is 1. The Balaban J connectivity index is 2.04. The Morgan fingerprint density at radius 2 is 1.40 bits per heavy atom. The lowest BCUT2D eigenvalue weighted by molar-refractivity contribution is -0.384. The third-order valence-corrected chi connectivity index (χ3v) is 5.35. The molecule has 3 aromatic rings. The van der Waals surface area contributed by atoms with Gasteiger partial charge in [-0.05, 0) is 36.4 Å². The first-order valence-electron chi connectivity index (χ1n) is 7.39. The van der Waals surface area contributed by atoms with Gasteiger partial charge in [0.15, 0.2) is 0 Å². The van der Waals surface area contributed by atoms with Gasteiger partial charge in [0.25, 0.3) is 5.69 Å². The van der Waals surface area contributed by atoms with Gasteiger partial charge in [0, 0.05) is 11.8 Å². The first-order valence-corrected chi connectivity index (χ1v) is 8.87. The number of nitro groups is 1. The van der Waals surface area contributed by atoms with E-state index in [0.717, 1.165) is 6.07 Å². The third-order valence-electron chi connectivity index (χ3n) is 3.58. The molecule has 0 heterocycles. The molecular formula is C18H14N2O4S. The van der Waals surface area contributed by atoms with Gasteiger partial charge in [-0.2, -0.15) is 0 Å². The van der Waals surface area contributed by atoms with Crippen LogP contribution < -0.4 is 5.32 Å². The smallest absolute Gasteiger partial charge is 0.293 e. The number of hydrogen-bond acceptors (Lipinski definition) is 5. The van der Waals surface area contributed by atoms with Gasteiger partial charge in [0.2, 0.25) is 9.84 Å². The van der Waals surface area contributed by atoms with Crippen molar-refractivity contribution < 1.29 is 13.3 Å². The molecule has 0 spiro atoms. The van der Waals surface area contributed by atoms with Crippen LogP contribution in [0.1, 0.15) is 0 Å². The summed E-state index contributed by atoms with van der Waals surface area (Å²) >= 11 is 0. The summed E-state index contributed by atoms with van der Waals surface area (Å²) in [6.07, 6.45) is 0. The molecule has 3 rings (SSSR count). The van der Waals surface area contributed by atoms with E-state index in [1.54, 1.807) is 42.5 Å². The molecule has 0 unspecified atom stereocenters. The van der Waals surface area contributed by atoms with Crippen LogP contribution in [0.25, 0.3) is 0 Å². The maximum atomic E-state index is 12.6. The van der Waals surface area contributed by atoms with Gasteiger partial charge in [-0.15, -0.1) is 0 Å². The first kappa shape index (κ1) is 16.7. The highest BCUT2D eigenvalue weighted by Crippen LogP contribution is 2.32. The second-order valence-corrected chi connectivity index (χ2v) is 7.19. The maximum absolute atomic E-state index is 12.6. The summed E-state index contributed by atoms with van der Waals surface area (Å²) in [5.41, 5.74) is 0.591. The van der Waals surface area contributed by atoms with E-state index in [2.05, 4.69) is 5.32 Å². The quantitative estimate of drug-likeness (QED) is 0.548. The highest BCUT2D eigenvalue weighted by molar-refractivity contribution is 7.91. The number of nitro benzene ring substituents is 1. The summed E-state index contributed by atoms with van der Waals surface area (Å²) in [6, 6.07) is 20.6. The minimum absolute atomic E-state index is 0.0908. The largest absolute Gasteiger partial charge is 0.350 e. The predicted octanol–water partition coefficient (Wildman–Crippen LogP) is 4.17. The van der Waals surface area contributed by atoms with E-state index >= 15 is 0 Å². The van der Waals surface area contributed by atoms with Crippen molar-refractivity contribution in [3.05, 3.63) is 89.0 Å². The van der Waals surface area contributed by atoms with Crippen LogP contribution in [0.4, 0.5) is 17.1 Å². The van der Waals surface area contributed by atoms with E-state index in [1.807, 2.05) is 6.07 Å². The summed E-state index contributed by atoms with van der Waals surface area (Å²) in [7, 11) is -3.82. The average molecular weight is 354 g/mol. The van der Waals surface area contributed by atoms with E-state index < -0.39 is 14.8 Å². The molecule has 0 atom stereocenters. The normalized spacial score (nSPS) is 11.0. The maximum Gasteiger partial charge on any atom is 0.293 e. The summed E-state index contributed by atoms with van der Waals surface area (Å²) < 4.78 is 25.3. The minimum Gasteiger partial charge on any atom is -0.350 e. The lowest BCUT2D eigenvalue weighted by Gasteiger charge is -2.09. The van der Waals surface area contributed by atoms with Crippen LogP contribution in [0.2, 0.25) is 0 Å². The van der Waals surface area contributed by atoms with Gasteiger partial charge in [-0.3, -0.25) is 10.1 Å². The summed E-state index contributed by atoms with van der Waals surface area (Å²) in [5.74, 6) is 0. The lowest BCUT2D eigenvalue weighted by Crippen LogP contribution is -2.04. The Labute approximate surface area is 144 Å². The molecule has 0 aromatic heterocycles. The molecule has 0 radical (unpaired) electrons. The molecular weight excluding hydrogens is 340 g/mol. The standard InChI is InChI=1S/C18H14N2O4S/c21-20(22)18-13-16(25(23,24)15-9-5-2-6-10-15)11-12-17(18)19-14-7-3-1-4-8-14/h1-13,19H. The van der Waals surface area contributed by atoms with Crippen LogP contribution in [0.5, 0.6) is 0 Å². The zero-order chi connectivity index (χ0) is 17.9. The molecule has 6 nitrogen and oxygen atoms in total. The highest BCUT2D eigenvalue weighted by Gasteiger charge is 2.23. The predicted molar refractivity (Wildman–Crippen MR) is 94.7 cm³/mol. The molecule has 0 bridgehead atoms. The summed E-state index contributed by atoms with van der Waals surface area (Å²) in [6.45, 7) is 0. The highest BCUT2D eigenvalue weighted by atomic mass is 32.2. The summed E-state index contributed by atoms with van der Waals surface area (Å²) in [5, 5.41) is 14.3. The van der Waals surface area contributed by atoms with Crippen LogP contribution >= 0.6 is 0 Å². The zero-order valence-corrected chi connectivity index (χ0v) is 13.8. The molecule has 3 aromatic carbocycles. The van der Waals surface area contributed by atoms with Crippen molar-refractivity contribution in [1.82, 2.24) is 0 Å². The number of nitrogens with one attached hydrogen (secondary N) is 1. The van der Waals surface area contributed by atoms with Crippen LogP contribution in [0.15, 0.2) is 88.7 Å². The van der Waals surface area contributed by atoms with Crippen molar-refractivity contribution in [3.63, 3.8) is 0 Å². The van der Waals surface area contributed by atoms with Crippen molar-refractivity contribution in [2.24, 2.45) is 0 Å². The van der Waals surface area contributed by atoms with Crippen molar-refractivity contribution in [2.45, 2.75) is 9.79 Å². The van der Waals surface area contributed by atoms with E-state index in [0.29, 0.717) is 5.69 Å². The molecule has 126 valence electrons. The summed E-state index contributed by atoms with van der Waals surface area (Å²) in [4.78, 5) is 10.8. The molecule has 1 N–H and O–H groups in total. The topological polar surface area (TPSA) is 89.3 Å². The molecule has 0 aliphatic heterocycles. The fourth-order valence-electron chi connectivity index (χ4n) is 2.35. The van der Waals surface area contributed by atoms with Gasteiger partial charge in [0.05, 0.1) is 14.7 Å².